The predicted molar refractivity (Wildman–Crippen MR) is 72.8 cm³/mol. The van der Waals surface area contributed by atoms with Gasteiger partial charge in [-0.05, 0) is 25.5 Å². The number of aryl methyl sites for hydroxylation is 1. The van der Waals surface area contributed by atoms with E-state index in [1.807, 2.05) is 0 Å². The monoisotopic (exact) mass is 247 g/mol. The minimum absolute atomic E-state index is 0.202. The van der Waals surface area contributed by atoms with Gasteiger partial charge in [-0.1, -0.05) is 17.7 Å². The van der Waals surface area contributed by atoms with Crippen molar-refractivity contribution >= 4 is 17.4 Å². The van der Waals surface area contributed by atoms with Gasteiger partial charge in [0.25, 0.3) is 0 Å². The number of nitrogens with one attached hydrogen (secondary N) is 2. The molecule has 2 N–H and O–H groups in total. The molecule has 0 aliphatic carbocycles. The Kier molecular flexibility index (Phi) is 3.93. The molecule has 1 aromatic rings. The topological polar surface area (TPSA) is 47.9 Å². The second-order valence-electron chi connectivity index (χ2n) is 4.28. The van der Waals surface area contributed by atoms with Crippen LogP contribution in [0.15, 0.2) is 18.2 Å². The molecular weight excluding hydrogens is 230 g/mol. The van der Waals surface area contributed by atoms with E-state index in [1.165, 1.54) is 16.8 Å². The van der Waals surface area contributed by atoms with Gasteiger partial charge in [0, 0.05) is 23.9 Å². The molecule has 1 heterocycles. The molecule has 0 bridgehead atoms. The summed E-state index contributed by atoms with van der Waals surface area (Å²) in [5, 5.41) is 15.5. The Balaban J connectivity index is 2.06. The van der Waals surface area contributed by atoms with Crippen LogP contribution in [0.4, 0.5) is 5.69 Å². The molecule has 1 aromatic carbocycles. The average Bonchev–Trinajstić information content (AvgIpc) is 2.31. The van der Waals surface area contributed by atoms with Gasteiger partial charge in [-0.3, -0.25) is 5.32 Å². The number of hydrogen-bond donors (Lipinski definition) is 2. The number of fused-ring (bicyclic) bond motifs is 1. The Morgan fingerprint density at radius 2 is 2.29 bits per heavy atom. The van der Waals surface area contributed by atoms with Crippen LogP contribution < -0.4 is 10.6 Å². The molecule has 0 amide bonds. The van der Waals surface area contributed by atoms with Gasteiger partial charge in [0.05, 0.1) is 6.07 Å². The lowest BCUT2D eigenvalue weighted by Gasteiger charge is -2.32. The van der Waals surface area contributed by atoms with Crippen molar-refractivity contribution in [1.82, 2.24) is 5.32 Å². The smallest absolute Gasteiger partial charge is 0.126 e. The molecule has 0 saturated carbocycles. The Morgan fingerprint density at radius 3 is 3.06 bits per heavy atom. The van der Waals surface area contributed by atoms with Crippen molar-refractivity contribution in [2.75, 3.05) is 11.1 Å². The number of rotatable bonds is 3. The largest absolute Gasteiger partial charge is 0.361 e. The maximum absolute atomic E-state index is 8.53. The maximum atomic E-state index is 8.53. The van der Waals surface area contributed by atoms with Crippen LogP contribution in [0.1, 0.15) is 30.5 Å². The summed E-state index contributed by atoms with van der Waals surface area (Å²) in [6, 6.07) is 9.00. The quantitative estimate of drug-likeness (QED) is 0.806. The fraction of sp³-hybridized carbons (Fsp3) is 0.462. The van der Waals surface area contributed by atoms with E-state index >= 15 is 0 Å². The fourth-order valence-corrected chi connectivity index (χ4v) is 2.94. The van der Waals surface area contributed by atoms with Gasteiger partial charge in [-0.2, -0.15) is 5.26 Å². The molecule has 1 aliphatic heterocycles. The van der Waals surface area contributed by atoms with Crippen molar-refractivity contribution in [3.05, 3.63) is 29.3 Å². The number of nitrogens with zero attached hydrogens (tertiary/aromatic N) is 1. The van der Waals surface area contributed by atoms with Gasteiger partial charge >= 0.3 is 0 Å². The van der Waals surface area contributed by atoms with Crippen LogP contribution in [0.3, 0.4) is 0 Å². The highest BCUT2D eigenvalue weighted by Crippen LogP contribution is 2.31. The molecule has 2 rings (SSSR count). The molecule has 0 fully saturated rings. The van der Waals surface area contributed by atoms with Gasteiger partial charge in [0.1, 0.15) is 5.50 Å². The summed E-state index contributed by atoms with van der Waals surface area (Å²) in [5.41, 5.74) is 4.02. The van der Waals surface area contributed by atoms with Crippen LogP contribution in [0.2, 0.25) is 0 Å². The molecule has 0 radical (unpaired) electrons. The van der Waals surface area contributed by atoms with Crippen LogP contribution in [0, 0.1) is 18.3 Å². The van der Waals surface area contributed by atoms with Crippen LogP contribution in [0.5, 0.6) is 0 Å². The minimum atomic E-state index is 0.202. The second kappa shape index (κ2) is 5.44. The number of benzene rings is 1. The van der Waals surface area contributed by atoms with Crippen LogP contribution in [-0.2, 0) is 0 Å². The summed E-state index contributed by atoms with van der Waals surface area (Å²) in [6.45, 7) is 4.29. The normalized spacial score (nSPS) is 22.4. The lowest BCUT2D eigenvalue weighted by molar-refractivity contribution is 0.558. The highest BCUT2D eigenvalue weighted by Gasteiger charge is 2.22. The SMILES string of the molecule is Cc1ccc2c(c1)C(C)NC(SCCC#N)N2. The van der Waals surface area contributed by atoms with Gasteiger partial charge in [0.2, 0.25) is 0 Å². The fourth-order valence-electron chi connectivity index (χ4n) is 1.98. The first-order valence-electron chi connectivity index (χ1n) is 5.82. The Morgan fingerprint density at radius 1 is 1.47 bits per heavy atom. The van der Waals surface area contributed by atoms with Gasteiger partial charge in [-0.15, -0.1) is 11.8 Å². The predicted octanol–water partition coefficient (Wildman–Crippen LogP) is 3.00. The molecule has 17 heavy (non-hydrogen) atoms. The van der Waals surface area contributed by atoms with Gasteiger partial charge < -0.3 is 5.32 Å². The highest BCUT2D eigenvalue weighted by molar-refractivity contribution is 7.99. The first-order valence-corrected chi connectivity index (χ1v) is 6.87. The summed E-state index contributed by atoms with van der Waals surface area (Å²) in [6.07, 6.45) is 0.597. The first-order chi connectivity index (χ1) is 8.20. The summed E-state index contributed by atoms with van der Waals surface area (Å²) in [5.74, 6) is 0.856. The summed E-state index contributed by atoms with van der Waals surface area (Å²) < 4.78 is 0. The third-order valence-electron chi connectivity index (χ3n) is 2.86. The average molecular weight is 247 g/mol. The van der Waals surface area contributed by atoms with Crippen LogP contribution in [0.25, 0.3) is 0 Å². The molecule has 90 valence electrons. The van der Waals surface area contributed by atoms with Crippen molar-refractivity contribution in [2.24, 2.45) is 0 Å². The van der Waals surface area contributed by atoms with E-state index in [4.69, 9.17) is 5.26 Å². The summed E-state index contributed by atoms with van der Waals surface area (Å²) >= 11 is 1.75. The van der Waals surface area contributed by atoms with E-state index in [2.05, 4.69) is 48.7 Å². The molecular formula is C13H17N3S. The minimum Gasteiger partial charge on any atom is -0.361 e. The second-order valence-corrected chi connectivity index (χ2v) is 5.50. The third-order valence-corrected chi connectivity index (χ3v) is 3.89. The van der Waals surface area contributed by atoms with Crippen molar-refractivity contribution in [3.63, 3.8) is 0 Å². The molecule has 0 aromatic heterocycles. The van der Waals surface area contributed by atoms with Gasteiger partial charge in [0.15, 0.2) is 0 Å². The Labute approximate surface area is 107 Å². The van der Waals surface area contributed by atoms with Crippen molar-refractivity contribution in [3.8, 4) is 6.07 Å². The zero-order valence-electron chi connectivity index (χ0n) is 10.2. The number of thioether (sulfide) groups is 1. The van der Waals surface area contributed by atoms with Crippen molar-refractivity contribution in [1.29, 1.82) is 5.26 Å². The molecule has 0 saturated heterocycles. The summed E-state index contributed by atoms with van der Waals surface area (Å²) in [4.78, 5) is 0. The van der Waals surface area contributed by atoms with Crippen LogP contribution in [-0.4, -0.2) is 11.3 Å². The van der Waals surface area contributed by atoms with Gasteiger partial charge in [-0.25, -0.2) is 0 Å². The molecule has 3 nitrogen and oxygen atoms in total. The maximum Gasteiger partial charge on any atom is 0.126 e. The number of nitriles is 1. The molecule has 2 unspecified atom stereocenters. The standard InChI is InChI=1S/C13H17N3S/c1-9-4-5-12-11(8-9)10(2)15-13(16-12)17-7-3-6-14/h4-5,8,10,13,15-16H,3,7H2,1-2H3. The first kappa shape index (κ1) is 12.3. The van der Waals surface area contributed by atoms with Crippen molar-refractivity contribution < 1.29 is 0 Å². The highest BCUT2D eigenvalue weighted by atomic mass is 32.2. The lowest BCUT2D eigenvalue weighted by Crippen LogP contribution is -2.40. The Hall–Kier alpha value is -1.18. The molecule has 1 aliphatic rings. The van der Waals surface area contributed by atoms with E-state index in [9.17, 15) is 0 Å². The number of hydrogen-bond acceptors (Lipinski definition) is 4. The van der Waals surface area contributed by atoms with E-state index in [-0.39, 0.29) is 5.50 Å². The van der Waals surface area contributed by atoms with E-state index < -0.39 is 0 Å². The molecule has 0 spiro atoms. The van der Waals surface area contributed by atoms with E-state index in [1.54, 1.807) is 11.8 Å². The molecule has 4 heteroatoms. The van der Waals surface area contributed by atoms with Crippen LogP contribution >= 0.6 is 11.8 Å². The lowest BCUT2D eigenvalue weighted by atomic mass is 10.0. The zero-order chi connectivity index (χ0) is 12.3. The third kappa shape index (κ3) is 2.93. The van der Waals surface area contributed by atoms with Crippen molar-refractivity contribution in [2.45, 2.75) is 31.8 Å². The molecule has 2 atom stereocenters. The zero-order valence-corrected chi connectivity index (χ0v) is 11.0. The Bertz CT molecular complexity index is 439. The van der Waals surface area contributed by atoms with E-state index in [0.29, 0.717) is 12.5 Å². The van der Waals surface area contributed by atoms with E-state index in [0.717, 1.165) is 5.75 Å². The number of anilines is 1. The summed E-state index contributed by atoms with van der Waals surface area (Å²) in [7, 11) is 0.